The van der Waals surface area contributed by atoms with Crippen molar-refractivity contribution in [2.24, 2.45) is 0 Å². The summed E-state index contributed by atoms with van der Waals surface area (Å²) in [6.07, 6.45) is 1.66. The number of nitriles is 1. The van der Waals surface area contributed by atoms with Gasteiger partial charge in [-0.15, -0.1) is 0 Å². The van der Waals surface area contributed by atoms with Crippen molar-refractivity contribution in [2.75, 3.05) is 5.32 Å². The molecule has 0 unspecified atom stereocenters. The van der Waals surface area contributed by atoms with Crippen LogP contribution in [0.3, 0.4) is 0 Å². The van der Waals surface area contributed by atoms with E-state index in [2.05, 4.69) is 41.9 Å². The Kier molecular flexibility index (Phi) is 5.70. The van der Waals surface area contributed by atoms with Crippen molar-refractivity contribution in [3.05, 3.63) is 87.7 Å². The van der Waals surface area contributed by atoms with Crippen molar-refractivity contribution in [2.45, 2.75) is 34.6 Å². The molecule has 0 aliphatic carbocycles. The average Bonchev–Trinajstić information content (AvgIpc) is 2.96. The van der Waals surface area contributed by atoms with E-state index in [0.717, 1.165) is 28.2 Å². The van der Waals surface area contributed by atoms with Gasteiger partial charge in [0.25, 0.3) is 5.91 Å². The maximum atomic E-state index is 12.6. The molecule has 0 radical (unpaired) electrons. The maximum absolute atomic E-state index is 12.6. The third-order valence-electron chi connectivity index (χ3n) is 5.05. The summed E-state index contributed by atoms with van der Waals surface area (Å²) < 4.78 is 2.17. The van der Waals surface area contributed by atoms with Crippen molar-refractivity contribution in [1.82, 2.24) is 4.57 Å². The molecule has 3 rings (SSSR count). The second-order valence-electron chi connectivity index (χ2n) is 7.44. The molecule has 0 saturated carbocycles. The molecular formula is C25H25N3O. The van der Waals surface area contributed by atoms with Gasteiger partial charge in [-0.3, -0.25) is 4.79 Å². The molecular weight excluding hydrogens is 358 g/mol. The minimum absolute atomic E-state index is 0.0757. The van der Waals surface area contributed by atoms with E-state index in [1.54, 1.807) is 6.08 Å². The largest absolute Gasteiger partial charge is 0.321 e. The first kappa shape index (κ1) is 20.2. The third kappa shape index (κ3) is 4.30. The minimum atomic E-state index is -0.409. The molecule has 146 valence electrons. The van der Waals surface area contributed by atoms with E-state index in [-0.39, 0.29) is 5.57 Å². The molecule has 1 aromatic heterocycles. The third-order valence-corrected chi connectivity index (χ3v) is 5.05. The van der Waals surface area contributed by atoms with Crippen molar-refractivity contribution < 1.29 is 4.79 Å². The molecule has 0 aliphatic heterocycles. The van der Waals surface area contributed by atoms with E-state index in [0.29, 0.717) is 5.69 Å². The van der Waals surface area contributed by atoms with E-state index in [1.165, 1.54) is 11.1 Å². The fourth-order valence-electron chi connectivity index (χ4n) is 3.40. The van der Waals surface area contributed by atoms with Gasteiger partial charge in [0, 0.05) is 22.8 Å². The first-order valence-electron chi connectivity index (χ1n) is 9.56. The number of nitrogens with one attached hydrogen (secondary N) is 1. The lowest BCUT2D eigenvalue weighted by molar-refractivity contribution is -0.112. The summed E-state index contributed by atoms with van der Waals surface area (Å²) in [5.74, 6) is -0.409. The summed E-state index contributed by atoms with van der Waals surface area (Å²) in [6.45, 7) is 10.2. The molecule has 0 atom stereocenters. The maximum Gasteiger partial charge on any atom is 0.266 e. The lowest BCUT2D eigenvalue weighted by Gasteiger charge is -2.13. The number of anilines is 1. The quantitative estimate of drug-likeness (QED) is 0.473. The van der Waals surface area contributed by atoms with Crippen LogP contribution in [0.4, 0.5) is 5.69 Å². The number of benzene rings is 2. The highest BCUT2D eigenvalue weighted by Gasteiger charge is 2.15. The highest BCUT2D eigenvalue weighted by Crippen LogP contribution is 2.26. The lowest BCUT2D eigenvalue weighted by Crippen LogP contribution is -2.13. The molecule has 29 heavy (non-hydrogen) atoms. The Labute approximate surface area is 172 Å². The van der Waals surface area contributed by atoms with E-state index in [4.69, 9.17) is 0 Å². The van der Waals surface area contributed by atoms with Crippen LogP contribution in [0, 0.1) is 45.9 Å². The molecule has 1 heterocycles. The first-order chi connectivity index (χ1) is 13.8. The zero-order valence-corrected chi connectivity index (χ0v) is 17.5. The Hall–Kier alpha value is -3.58. The Bertz CT molecular complexity index is 1140. The van der Waals surface area contributed by atoms with Crippen molar-refractivity contribution >= 4 is 17.7 Å². The molecule has 4 heteroatoms. The number of carbonyl (C=O) groups excluding carboxylic acids is 1. The van der Waals surface area contributed by atoms with Crippen LogP contribution in [0.2, 0.25) is 0 Å². The second-order valence-corrected chi connectivity index (χ2v) is 7.44. The Morgan fingerprint density at radius 1 is 0.966 bits per heavy atom. The molecule has 0 fully saturated rings. The van der Waals surface area contributed by atoms with Gasteiger partial charge in [0.15, 0.2) is 0 Å². The number of carbonyl (C=O) groups is 1. The van der Waals surface area contributed by atoms with Crippen molar-refractivity contribution in [3.8, 4) is 11.8 Å². The molecule has 3 aromatic rings. The number of hydrogen-bond acceptors (Lipinski definition) is 2. The fourth-order valence-corrected chi connectivity index (χ4v) is 3.40. The van der Waals surface area contributed by atoms with Gasteiger partial charge in [0.05, 0.1) is 0 Å². The molecule has 0 spiro atoms. The topological polar surface area (TPSA) is 57.8 Å². The monoisotopic (exact) mass is 383 g/mol. The van der Waals surface area contributed by atoms with Gasteiger partial charge in [-0.25, -0.2) is 0 Å². The van der Waals surface area contributed by atoms with Crippen LogP contribution in [0.5, 0.6) is 0 Å². The van der Waals surface area contributed by atoms with Crippen LogP contribution in [-0.2, 0) is 4.79 Å². The zero-order valence-electron chi connectivity index (χ0n) is 17.5. The summed E-state index contributed by atoms with van der Waals surface area (Å²) >= 11 is 0. The van der Waals surface area contributed by atoms with Crippen LogP contribution in [-0.4, -0.2) is 10.5 Å². The van der Waals surface area contributed by atoms with E-state index in [1.807, 2.05) is 57.2 Å². The van der Waals surface area contributed by atoms with Gasteiger partial charge in [-0.2, -0.15) is 5.26 Å². The zero-order chi connectivity index (χ0) is 21.1. The predicted octanol–water partition coefficient (Wildman–Crippen LogP) is 5.57. The average molecular weight is 383 g/mol. The SMILES string of the molecule is Cc1ccc(NC(=O)/C(C#N)=C\c2cc(C)n(-c3cc(C)ccc3C)c2C)cc1. The number of rotatable bonds is 4. The molecule has 1 amide bonds. The molecule has 2 aromatic carbocycles. The van der Waals surface area contributed by atoms with Crippen LogP contribution in [0.1, 0.15) is 33.6 Å². The first-order valence-corrected chi connectivity index (χ1v) is 9.56. The number of amides is 1. The Balaban J connectivity index is 1.96. The van der Waals surface area contributed by atoms with Gasteiger partial charge >= 0.3 is 0 Å². The number of hydrogen-bond donors (Lipinski definition) is 1. The standard InChI is InChI=1S/C25H25N3O/c1-16-7-10-23(11-8-16)27-25(29)22(15-26)14-21-13-19(4)28(20(21)5)24-12-17(2)6-9-18(24)3/h6-14H,1-5H3,(H,27,29)/b22-14-. The lowest BCUT2D eigenvalue weighted by atomic mass is 10.1. The van der Waals surface area contributed by atoms with Gasteiger partial charge in [-0.05, 0) is 81.7 Å². The van der Waals surface area contributed by atoms with Gasteiger partial charge in [0.2, 0.25) is 0 Å². The van der Waals surface area contributed by atoms with Gasteiger partial charge in [0.1, 0.15) is 11.6 Å². The van der Waals surface area contributed by atoms with E-state index in [9.17, 15) is 10.1 Å². The summed E-state index contributed by atoms with van der Waals surface area (Å²) in [6, 6.07) is 17.9. The highest BCUT2D eigenvalue weighted by molar-refractivity contribution is 6.09. The second kappa shape index (κ2) is 8.20. The molecule has 0 saturated heterocycles. The van der Waals surface area contributed by atoms with Crippen molar-refractivity contribution in [3.63, 3.8) is 0 Å². The van der Waals surface area contributed by atoms with E-state index >= 15 is 0 Å². The van der Waals surface area contributed by atoms with E-state index < -0.39 is 5.91 Å². The summed E-state index contributed by atoms with van der Waals surface area (Å²) in [5, 5.41) is 12.4. The van der Waals surface area contributed by atoms with Gasteiger partial charge in [-0.1, -0.05) is 29.8 Å². The number of aryl methyl sites for hydroxylation is 4. The summed E-state index contributed by atoms with van der Waals surface area (Å²) in [4.78, 5) is 12.6. The predicted molar refractivity (Wildman–Crippen MR) is 118 cm³/mol. The number of aromatic nitrogens is 1. The minimum Gasteiger partial charge on any atom is -0.321 e. The summed E-state index contributed by atoms with van der Waals surface area (Å²) in [5.41, 5.74) is 8.23. The summed E-state index contributed by atoms with van der Waals surface area (Å²) in [7, 11) is 0. The highest BCUT2D eigenvalue weighted by atomic mass is 16.1. The number of nitrogens with zero attached hydrogens (tertiary/aromatic N) is 2. The molecule has 1 N–H and O–H groups in total. The van der Waals surface area contributed by atoms with Crippen LogP contribution < -0.4 is 5.32 Å². The molecule has 4 nitrogen and oxygen atoms in total. The smallest absolute Gasteiger partial charge is 0.266 e. The van der Waals surface area contributed by atoms with Crippen LogP contribution in [0.25, 0.3) is 11.8 Å². The normalized spacial score (nSPS) is 11.2. The van der Waals surface area contributed by atoms with Crippen LogP contribution >= 0.6 is 0 Å². The molecule has 0 bridgehead atoms. The fraction of sp³-hybridized carbons (Fsp3) is 0.200. The van der Waals surface area contributed by atoms with Crippen LogP contribution in [0.15, 0.2) is 54.1 Å². The van der Waals surface area contributed by atoms with Gasteiger partial charge < -0.3 is 9.88 Å². The Morgan fingerprint density at radius 3 is 2.28 bits per heavy atom. The van der Waals surface area contributed by atoms with Crippen molar-refractivity contribution in [1.29, 1.82) is 5.26 Å². The Morgan fingerprint density at radius 2 is 1.62 bits per heavy atom. The molecule has 0 aliphatic rings.